The maximum Gasteiger partial charge on any atom is 0.0998 e. The first-order valence-electron chi connectivity index (χ1n) is 9.28. The molecule has 1 aliphatic heterocycles. The average molecular weight is 345 g/mol. The lowest BCUT2D eigenvalue weighted by Gasteiger charge is -2.32. The predicted molar refractivity (Wildman–Crippen MR) is 112 cm³/mol. The number of hydrogen-bond acceptors (Lipinski definition) is 0. The van der Waals surface area contributed by atoms with Crippen molar-refractivity contribution in [1.29, 1.82) is 0 Å². The molecule has 0 saturated carbocycles. The van der Waals surface area contributed by atoms with Crippen molar-refractivity contribution in [3.8, 4) is 0 Å². The highest BCUT2D eigenvalue weighted by Crippen LogP contribution is 2.66. The van der Waals surface area contributed by atoms with Crippen molar-refractivity contribution in [3.05, 3.63) is 96.1 Å². The first-order chi connectivity index (χ1) is 12.2. The molecule has 0 nitrogen and oxygen atoms in total. The molecule has 1 heteroatoms. The fraction of sp³-hybridized carbons (Fsp3) is 0.250. The Kier molecular flexibility index (Phi) is 4.48. The zero-order chi connectivity index (χ0) is 17.3. The second-order valence-corrected chi connectivity index (χ2v) is 11.4. The van der Waals surface area contributed by atoms with Crippen LogP contribution in [0.4, 0.5) is 0 Å². The normalized spacial score (nSPS) is 22.0. The van der Waals surface area contributed by atoms with E-state index in [4.69, 9.17) is 0 Å². The molecule has 0 radical (unpaired) electrons. The summed E-state index contributed by atoms with van der Waals surface area (Å²) in [4.78, 5) is 0. The number of hydrogen-bond donors (Lipinski definition) is 0. The largest absolute Gasteiger partial charge is 0.0998 e. The van der Waals surface area contributed by atoms with Crippen molar-refractivity contribution in [2.75, 3.05) is 0 Å². The lowest BCUT2D eigenvalue weighted by atomic mass is 9.93. The highest BCUT2D eigenvalue weighted by Gasteiger charge is 2.50. The van der Waals surface area contributed by atoms with E-state index in [1.165, 1.54) is 12.6 Å². The Morgan fingerprint density at radius 3 is 1.80 bits per heavy atom. The molecular formula is C24H26P+. The van der Waals surface area contributed by atoms with E-state index < -0.39 is 7.26 Å². The maximum absolute atomic E-state index is 2.50. The number of benzene rings is 3. The minimum atomic E-state index is -1.50. The van der Waals surface area contributed by atoms with E-state index >= 15 is 0 Å². The third-order valence-electron chi connectivity index (χ3n) is 5.89. The molecule has 0 bridgehead atoms. The van der Waals surface area contributed by atoms with Crippen LogP contribution in [0.15, 0.2) is 84.9 Å². The van der Waals surface area contributed by atoms with Gasteiger partial charge in [-0.2, -0.15) is 0 Å². The van der Waals surface area contributed by atoms with Crippen molar-refractivity contribution in [2.24, 2.45) is 0 Å². The summed E-state index contributed by atoms with van der Waals surface area (Å²) < 4.78 is 0. The molecule has 0 spiro atoms. The van der Waals surface area contributed by atoms with Gasteiger partial charge >= 0.3 is 0 Å². The molecule has 0 aliphatic carbocycles. The van der Waals surface area contributed by atoms with Gasteiger partial charge in [-0.25, -0.2) is 0 Å². The van der Waals surface area contributed by atoms with Crippen LogP contribution in [-0.4, -0.2) is 5.66 Å². The zero-order valence-corrected chi connectivity index (χ0v) is 16.0. The average Bonchev–Trinajstić information content (AvgIpc) is 2.78. The van der Waals surface area contributed by atoms with Crippen molar-refractivity contribution in [1.82, 2.24) is 0 Å². The quantitative estimate of drug-likeness (QED) is 0.519. The molecule has 1 heterocycles. The van der Waals surface area contributed by atoms with Gasteiger partial charge < -0.3 is 0 Å². The molecular weight excluding hydrogens is 319 g/mol. The van der Waals surface area contributed by atoms with Crippen LogP contribution in [0.5, 0.6) is 0 Å². The van der Waals surface area contributed by atoms with Gasteiger partial charge in [-0.05, 0) is 54.7 Å². The van der Waals surface area contributed by atoms with Gasteiger partial charge in [0, 0.05) is 0 Å². The summed E-state index contributed by atoms with van der Waals surface area (Å²) in [6.45, 7) is 4.90. The molecule has 3 aromatic rings. The fourth-order valence-corrected chi connectivity index (χ4v) is 9.53. The van der Waals surface area contributed by atoms with Crippen LogP contribution < -0.4 is 10.6 Å². The van der Waals surface area contributed by atoms with E-state index in [2.05, 4.69) is 98.8 Å². The predicted octanol–water partition coefficient (Wildman–Crippen LogP) is 5.75. The minimum Gasteiger partial charge on any atom is -0.0620 e. The Morgan fingerprint density at radius 2 is 1.20 bits per heavy atom. The molecule has 0 fully saturated rings. The van der Waals surface area contributed by atoms with Crippen LogP contribution in [0.2, 0.25) is 0 Å². The second-order valence-electron chi connectivity index (χ2n) is 7.38. The Labute approximate surface area is 152 Å². The summed E-state index contributed by atoms with van der Waals surface area (Å²) in [5.41, 5.74) is 3.79. The Hall–Kier alpha value is -1.91. The van der Waals surface area contributed by atoms with Gasteiger partial charge in [0.15, 0.2) is 0 Å². The van der Waals surface area contributed by atoms with Crippen LogP contribution in [-0.2, 0) is 6.16 Å². The van der Waals surface area contributed by atoms with E-state index in [1.807, 2.05) is 0 Å². The summed E-state index contributed by atoms with van der Waals surface area (Å²) in [7, 11) is -1.50. The molecule has 0 aromatic heterocycles. The van der Waals surface area contributed by atoms with Gasteiger partial charge in [0.1, 0.15) is 0 Å². The molecule has 126 valence electrons. The molecule has 0 saturated heterocycles. The topological polar surface area (TPSA) is 0 Å². The summed E-state index contributed by atoms with van der Waals surface area (Å²) in [5.74, 6) is 0.625. The summed E-state index contributed by atoms with van der Waals surface area (Å²) in [5, 5.41) is 3.11. The van der Waals surface area contributed by atoms with Crippen LogP contribution >= 0.6 is 7.26 Å². The molecule has 25 heavy (non-hydrogen) atoms. The van der Waals surface area contributed by atoms with Crippen molar-refractivity contribution < 1.29 is 0 Å². The lowest BCUT2D eigenvalue weighted by molar-refractivity contribution is 0.674. The third kappa shape index (κ3) is 2.83. The Balaban J connectivity index is 1.97. The maximum atomic E-state index is 2.50. The molecule has 0 amide bonds. The lowest BCUT2D eigenvalue weighted by Crippen LogP contribution is -2.31. The van der Waals surface area contributed by atoms with Gasteiger partial charge in [-0.15, -0.1) is 0 Å². The number of rotatable bonds is 2. The Morgan fingerprint density at radius 1 is 0.680 bits per heavy atom. The minimum absolute atomic E-state index is 0.625. The van der Waals surface area contributed by atoms with E-state index in [0.29, 0.717) is 11.6 Å². The summed E-state index contributed by atoms with van der Waals surface area (Å²) in [6, 6.07) is 31.8. The molecule has 2 atom stereocenters. The zero-order valence-electron chi connectivity index (χ0n) is 15.1. The summed E-state index contributed by atoms with van der Waals surface area (Å²) >= 11 is 0. The van der Waals surface area contributed by atoms with E-state index in [-0.39, 0.29) is 0 Å². The van der Waals surface area contributed by atoms with Crippen LogP contribution in [0.1, 0.15) is 37.3 Å². The van der Waals surface area contributed by atoms with Gasteiger partial charge in [-0.3, -0.25) is 0 Å². The molecule has 0 N–H and O–H groups in total. The van der Waals surface area contributed by atoms with E-state index in [9.17, 15) is 0 Å². The van der Waals surface area contributed by atoms with Crippen LogP contribution in [0.25, 0.3) is 0 Å². The standard InChI is InChI=1S/C24H26P/c1-19-17-20(2)25(22-12-5-3-6-13-22,23-14-7-4-8-15-23)18-21-11-9-10-16-24(19)21/h3-16,19-20H,17-18H2,1-2H3/q+1. The highest BCUT2D eigenvalue weighted by molar-refractivity contribution is 7.89. The third-order valence-corrected chi connectivity index (χ3v) is 10.9. The van der Waals surface area contributed by atoms with Gasteiger partial charge in [0.2, 0.25) is 0 Å². The number of fused-ring (bicyclic) bond motifs is 1. The van der Waals surface area contributed by atoms with E-state index in [0.717, 1.165) is 0 Å². The smallest absolute Gasteiger partial charge is 0.0620 e. The van der Waals surface area contributed by atoms with Gasteiger partial charge in [-0.1, -0.05) is 67.6 Å². The fourth-order valence-electron chi connectivity index (χ4n) is 4.63. The van der Waals surface area contributed by atoms with Crippen molar-refractivity contribution >= 4 is 17.9 Å². The van der Waals surface area contributed by atoms with E-state index in [1.54, 1.807) is 21.7 Å². The first-order valence-corrected chi connectivity index (χ1v) is 11.3. The second kappa shape index (κ2) is 6.77. The SMILES string of the molecule is CC1CC(C)[P+](c2ccccc2)(c2ccccc2)Cc2ccccc21. The first kappa shape index (κ1) is 16.6. The Bertz CT molecular complexity index is 799. The highest BCUT2D eigenvalue weighted by atomic mass is 31.2. The van der Waals surface area contributed by atoms with Crippen LogP contribution in [0.3, 0.4) is 0 Å². The molecule has 1 aliphatic rings. The molecule has 4 rings (SSSR count). The molecule has 2 unspecified atom stereocenters. The van der Waals surface area contributed by atoms with Crippen LogP contribution in [0, 0.1) is 0 Å². The molecule has 3 aromatic carbocycles. The van der Waals surface area contributed by atoms with Gasteiger partial charge in [0.05, 0.1) is 29.7 Å². The monoisotopic (exact) mass is 345 g/mol. The summed E-state index contributed by atoms with van der Waals surface area (Å²) in [6.07, 6.45) is 2.44. The van der Waals surface area contributed by atoms with Crippen molar-refractivity contribution in [3.63, 3.8) is 0 Å². The van der Waals surface area contributed by atoms with Gasteiger partial charge in [0.25, 0.3) is 0 Å². The van der Waals surface area contributed by atoms with Crippen molar-refractivity contribution in [2.45, 2.75) is 38.0 Å².